The topological polar surface area (TPSA) is 12.4 Å². The number of rotatable bonds is 2. The van der Waals surface area contributed by atoms with E-state index in [0.717, 1.165) is 5.57 Å². The number of aliphatic imine (C=N–C) groups is 1. The molecule has 2 heteroatoms. The van der Waals surface area contributed by atoms with Crippen LogP contribution in [0.25, 0.3) is 0 Å². The molecule has 0 bridgehead atoms. The summed E-state index contributed by atoms with van der Waals surface area (Å²) in [6.07, 6.45) is 3.43. The van der Waals surface area contributed by atoms with Gasteiger partial charge in [0.15, 0.2) is 0 Å². The highest BCUT2D eigenvalue weighted by Crippen LogP contribution is 1.90. The van der Waals surface area contributed by atoms with E-state index in [9.17, 15) is 0 Å². The van der Waals surface area contributed by atoms with Crippen molar-refractivity contribution in [3.8, 4) is 0 Å². The molecule has 1 nitrogen and oxygen atoms in total. The van der Waals surface area contributed by atoms with Crippen molar-refractivity contribution in [3.05, 3.63) is 24.4 Å². The molecule has 0 aliphatic carbocycles. The minimum atomic E-state index is 0.535. The Morgan fingerprint density at radius 1 is 1.56 bits per heavy atom. The van der Waals surface area contributed by atoms with Gasteiger partial charge in [-0.15, -0.1) is 0 Å². The van der Waals surface area contributed by atoms with Gasteiger partial charge < -0.3 is 0 Å². The first-order valence-electron chi connectivity index (χ1n) is 2.65. The van der Waals surface area contributed by atoms with Gasteiger partial charge in [-0.3, -0.25) is 0 Å². The van der Waals surface area contributed by atoms with Crippen LogP contribution in [-0.4, -0.2) is 5.17 Å². The van der Waals surface area contributed by atoms with Gasteiger partial charge in [0.25, 0.3) is 0 Å². The quantitative estimate of drug-likeness (QED) is 0.417. The number of hydrogen-bond donors (Lipinski definition) is 0. The molecular weight excluding hydrogens is 134 g/mol. The lowest BCUT2D eigenvalue weighted by Gasteiger charge is -1.81. The molecule has 0 saturated heterocycles. The third kappa shape index (κ3) is 7.44. The molecule has 0 rings (SSSR count). The SMILES string of the molecule is C=C(C)/C=C\N=C(/C)Cl. The Balaban J connectivity index is 3.74. The maximum absolute atomic E-state index is 5.43. The molecule has 0 aromatic rings. The summed E-state index contributed by atoms with van der Waals surface area (Å²) in [6.45, 7) is 7.28. The number of allylic oxidation sites excluding steroid dienone is 2. The fourth-order valence-corrected chi connectivity index (χ4v) is 0.324. The summed E-state index contributed by atoms with van der Waals surface area (Å²) < 4.78 is 0. The van der Waals surface area contributed by atoms with Crippen molar-refractivity contribution in [2.24, 2.45) is 4.99 Å². The van der Waals surface area contributed by atoms with Crippen LogP contribution >= 0.6 is 11.6 Å². The summed E-state index contributed by atoms with van der Waals surface area (Å²) in [5.41, 5.74) is 0.969. The van der Waals surface area contributed by atoms with Gasteiger partial charge in [-0.1, -0.05) is 23.8 Å². The first kappa shape index (κ1) is 8.44. The van der Waals surface area contributed by atoms with E-state index in [0.29, 0.717) is 5.17 Å². The van der Waals surface area contributed by atoms with E-state index in [1.54, 1.807) is 19.2 Å². The molecule has 0 spiro atoms. The molecule has 9 heavy (non-hydrogen) atoms. The van der Waals surface area contributed by atoms with Gasteiger partial charge in [0, 0.05) is 6.20 Å². The van der Waals surface area contributed by atoms with Crippen LogP contribution in [0.5, 0.6) is 0 Å². The average Bonchev–Trinajstić information content (AvgIpc) is 1.63. The van der Waals surface area contributed by atoms with Crippen LogP contribution in [0, 0.1) is 0 Å². The van der Waals surface area contributed by atoms with E-state index < -0.39 is 0 Å². The van der Waals surface area contributed by atoms with Crippen LogP contribution in [0.15, 0.2) is 29.4 Å². The lowest BCUT2D eigenvalue weighted by molar-refractivity contribution is 1.49. The van der Waals surface area contributed by atoms with Gasteiger partial charge in [0.05, 0.1) is 0 Å². The molecule has 0 radical (unpaired) electrons. The maximum Gasteiger partial charge on any atom is 0.103 e. The van der Waals surface area contributed by atoms with Crippen LogP contribution in [0.2, 0.25) is 0 Å². The molecule has 0 amide bonds. The number of halogens is 1. The number of hydrogen-bond acceptors (Lipinski definition) is 1. The zero-order valence-electron chi connectivity index (χ0n) is 5.69. The van der Waals surface area contributed by atoms with E-state index in [4.69, 9.17) is 11.6 Å². The Morgan fingerprint density at radius 2 is 2.11 bits per heavy atom. The third-order valence-corrected chi connectivity index (χ3v) is 0.709. The number of nitrogens with zero attached hydrogens (tertiary/aromatic N) is 1. The van der Waals surface area contributed by atoms with Crippen molar-refractivity contribution in [1.29, 1.82) is 0 Å². The summed E-state index contributed by atoms with van der Waals surface area (Å²) in [5, 5.41) is 0.535. The second-order valence-electron chi connectivity index (χ2n) is 1.79. The van der Waals surface area contributed by atoms with Crippen LogP contribution < -0.4 is 0 Å². The Kier molecular flexibility index (Phi) is 4.06. The maximum atomic E-state index is 5.43. The van der Waals surface area contributed by atoms with Gasteiger partial charge in [-0.2, -0.15) is 0 Å². The molecule has 0 atom stereocenters. The van der Waals surface area contributed by atoms with Crippen molar-refractivity contribution < 1.29 is 0 Å². The highest BCUT2D eigenvalue weighted by molar-refractivity contribution is 6.64. The third-order valence-electron chi connectivity index (χ3n) is 0.611. The average molecular weight is 144 g/mol. The van der Waals surface area contributed by atoms with Crippen molar-refractivity contribution in [2.45, 2.75) is 13.8 Å². The minimum absolute atomic E-state index is 0.535. The monoisotopic (exact) mass is 143 g/mol. The summed E-state index contributed by atoms with van der Waals surface area (Å²) in [5.74, 6) is 0. The molecule has 0 aromatic heterocycles. The second-order valence-corrected chi connectivity index (χ2v) is 2.34. The van der Waals surface area contributed by atoms with Gasteiger partial charge in [-0.05, 0) is 19.9 Å². The van der Waals surface area contributed by atoms with Crippen molar-refractivity contribution in [3.63, 3.8) is 0 Å². The van der Waals surface area contributed by atoms with Gasteiger partial charge in [-0.25, -0.2) is 4.99 Å². The summed E-state index contributed by atoms with van der Waals surface area (Å²) in [6, 6.07) is 0. The van der Waals surface area contributed by atoms with Gasteiger partial charge >= 0.3 is 0 Å². The first-order valence-corrected chi connectivity index (χ1v) is 3.02. The Hall–Kier alpha value is -0.560. The normalized spacial score (nSPS) is 12.6. The highest BCUT2D eigenvalue weighted by atomic mass is 35.5. The van der Waals surface area contributed by atoms with E-state index in [-0.39, 0.29) is 0 Å². The molecule has 0 aliphatic rings. The molecular formula is C7H10ClN. The fraction of sp³-hybridized carbons (Fsp3) is 0.286. The predicted molar refractivity (Wildman–Crippen MR) is 42.9 cm³/mol. The predicted octanol–water partition coefficient (Wildman–Crippen LogP) is 2.73. The van der Waals surface area contributed by atoms with E-state index >= 15 is 0 Å². The van der Waals surface area contributed by atoms with Crippen LogP contribution in [0.4, 0.5) is 0 Å². The lowest BCUT2D eigenvalue weighted by Crippen LogP contribution is -1.69. The zero-order valence-corrected chi connectivity index (χ0v) is 6.44. The standard InChI is InChI=1S/C7H10ClN/c1-6(2)4-5-9-7(3)8/h4-5H,1H2,2-3H3/b5-4-,9-7+. The lowest BCUT2D eigenvalue weighted by atomic mass is 10.3. The minimum Gasteiger partial charge on any atom is -0.249 e. The summed E-state index contributed by atoms with van der Waals surface area (Å²) in [4.78, 5) is 3.81. The van der Waals surface area contributed by atoms with Crippen LogP contribution in [0.3, 0.4) is 0 Å². The molecule has 0 unspecified atom stereocenters. The Bertz CT molecular complexity index is 152. The summed E-state index contributed by atoms with van der Waals surface area (Å²) >= 11 is 5.43. The highest BCUT2D eigenvalue weighted by Gasteiger charge is 1.74. The van der Waals surface area contributed by atoms with Crippen molar-refractivity contribution >= 4 is 16.8 Å². The largest absolute Gasteiger partial charge is 0.249 e. The fourth-order valence-electron chi connectivity index (χ4n) is 0.267. The Morgan fingerprint density at radius 3 is 2.44 bits per heavy atom. The van der Waals surface area contributed by atoms with Crippen molar-refractivity contribution in [1.82, 2.24) is 0 Å². The van der Waals surface area contributed by atoms with Crippen LogP contribution in [-0.2, 0) is 0 Å². The van der Waals surface area contributed by atoms with E-state index in [1.807, 2.05) is 6.92 Å². The molecule has 0 heterocycles. The second kappa shape index (κ2) is 4.33. The smallest absolute Gasteiger partial charge is 0.103 e. The molecule has 0 aromatic carbocycles. The first-order chi connectivity index (χ1) is 4.13. The van der Waals surface area contributed by atoms with Gasteiger partial charge in [0.1, 0.15) is 5.17 Å². The van der Waals surface area contributed by atoms with E-state index in [2.05, 4.69) is 11.6 Å². The zero-order chi connectivity index (χ0) is 7.28. The molecule has 0 saturated carbocycles. The molecule has 0 fully saturated rings. The molecule has 50 valence electrons. The van der Waals surface area contributed by atoms with Gasteiger partial charge in [0.2, 0.25) is 0 Å². The van der Waals surface area contributed by atoms with Crippen LogP contribution in [0.1, 0.15) is 13.8 Å². The summed E-state index contributed by atoms with van der Waals surface area (Å²) in [7, 11) is 0. The van der Waals surface area contributed by atoms with E-state index in [1.165, 1.54) is 0 Å². The molecule has 0 N–H and O–H groups in total. The van der Waals surface area contributed by atoms with Crippen molar-refractivity contribution in [2.75, 3.05) is 0 Å². The molecule has 0 aliphatic heterocycles. The Labute approximate surface area is 60.7 Å².